The van der Waals surface area contributed by atoms with E-state index in [9.17, 15) is 14.4 Å². The van der Waals surface area contributed by atoms with Gasteiger partial charge in [-0.1, -0.05) is 34.8 Å². The third kappa shape index (κ3) is 6.58. The third-order valence-corrected chi connectivity index (χ3v) is 5.64. The van der Waals surface area contributed by atoms with Gasteiger partial charge in [-0.2, -0.15) is 0 Å². The van der Waals surface area contributed by atoms with Gasteiger partial charge in [0.1, 0.15) is 0 Å². The van der Waals surface area contributed by atoms with Gasteiger partial charge >= 0.3 is 11.8 Å². The van der Waals surface area contributed by atoms with Crippen LogP contribution in [0.5, 0.6) is 0 Å². The highest BCUT2D eigenvalue weighted by Crippen LogP contribution is 2.22. The Balaban J connectivity index is 1.39. The summed E-state index contributed by atoms with van der Waals surface area (Å²) in [5, 5.41) is 6.47. The largest absolute Gasteiger partial charge is 0.347 e. The van der Waals surface area contributed by atoms with Gasteiger partial charge in [0.2, 0.25) is 0 Å². The van der Waals surface area contributed by atoms with Gasteiger partial charge in [-0.15, -0.1) is 0 Å². The van der Waals surface area contributed by atoms with Crippen molar-refractivity contribution in [2.75, 3.05) is 44.6 Å². The lowest BCUT2D eigenvalue weighted by Crippen LogP contribution is -2.50. The van der Waals surface area contributed by atoms with Crippen LogP contribution in [0.15, 0.2) is 42.5 Å². The molecule has 31 heavy (non-hydrogen) atoms. The highest BCUT2D eigenvalue weighted by molar-refractivity contribution is 6.39. The molecular weight excluding hydrogens is 463 g/mol. The Morgan fingerprint density at radius 1 is 0.839 bits per heavy atom. The molecule has 7 nitrogen and oxygen atoms in total. The van der Waals surface area contributed by atoms with Crippen LogP contribution in [0.4, 0.5) is 5.69 Å². The summed E-state index contributed by atoms with van der Waals surface area (Å²) in [4.78, 5) is 40.4. The lowest BCUT2D eigenvalue weighted by Gasteiger charge is -2.34. The molecule has 2 aromatic rings. The molecule has 10 heteroatoms. The lowest BCUT2D eigenvalue weighted by atomic mass is 10.2. The number of anilines is 1. The Labute approximate surface area is 195 Å². The van der Waals surface area contributed by atoms with Crippen molar-refractivity contribution in [2.24, 2.45) is 0 Å². The molecule has 0 bridgehead atoms. The van der Waals surface area contributed by atoms with Crippen molar-refractivity contribution in [3.05, 3.63) is 63.1 Å². The van der Waals surface area contributed by atoms with Crippen molar-refractivity contribution in [1.82, 2.24) is 15.1 Å². The first-order valence-electron chi connectivity index (χ1n) is 9.65. The van der Waals surface area contributed by atoms with Crippen LogP contribution in [0, 0.1) is 0 Å². The Morgan fingerprint density at radius 2 is 1.48 bits per heavy atom. The van der Waals surface area contributed by atoms with Gasteiger partial charge in [0.15, 0.2) is 0 Å². The van der Waals surface area contributed by atoms with Crippen LogP contribution in [0.25, 0.3) is 0 Å². The number of carbonyl (C=O) groups is 3. The van der Waals surface area contributed by atoms with Crippen LogP contribution in [-0.4, -0.2) is 66.8 Å². The first kappa shape index (κ1) is 23.3. The topological polar surface area (TPSA) is 81.8 Å². The lowest BCUT2D eigenvalue weighted by molar-refractivity contribution is -0.136. The number of nitrogens with one attached hydrogen (secondary N) is 2. The van der Waals surface area contributed by atoms with E-state index in [0.717, 1.165) is 0 Å². The molecule has 0 aromatic heterocycles. The molecular formula is C21H21Cl3N4O3. The molecule has 2 aromatic carbocycles. The second kappa shape index (κ2) is 10.8. The highest BCUT2D eigenvalue weighted by Gasteiger charge is 2.23. The van der Waals surface area contributed by atoms with Crippen LogP contribution < -0.4 is 10.6 Å². The van der Waals surface area contributed by atoms with E-state index < -0.39 is 11.8 Å². The van der Waals surface area contributed by atoms with Gasteiger partial charge in [-0.25, -0.2) is 0 Å². The minimum Gasteiger partial charge on any atom is -0.347 e. The number of amides is 3. The van der Waals surface area contributed by atoms with Crippen LogP contribution in [0.1, 0.15) is 10.4 Å². The standard InChI is InChI=1S/C21H21Cl3N4O3/c22-14-1-4-16(5-2-14)26-20(30)19(29)25-7-8-27-9-11-28(12-10-27)21(31)17-6-3-15(23)13-18(17)24/h1-6,13H,7-12H2,(H,25,29)(H,26,30). The normalized spacial score (nSPS) is 14.2. The zero-order valence-electron chi connectivity index (χ0n) is 16.5. The third-order valence-electron chi connectivity index (χ3n) is 4.84. The molecule has 1 heterocycles. The number of benzene rings is 2. The molecule has 3 rings (SSSR count). The zero-order valence-corrected chi connectivity index (χ0v) is 18.8. The second-order valence-corrected chi connectivity index (χ2v) is 8.25. The molecule has 1 saturated heterocycles. The van der Waals surface area contributed by atoms with Gasteiger partial charge in [0.25, 0.3) is 5.91 Å². The molecule has 3 amide bonds. The van der Waals surface area contributed by atoms with Crippen molar-refractivity contribution in [3.63, 3.8) is 0 Å². The first-order valence-corrected chi connectivity index (χ1v) is 10.8. The minimum absolute atomic E-state index is 0.131. The fourth-order valence-electron chi connectivity index (χ4n) is 3.14. The van der Waals surface area contributed by atoms with E-state index in [4.69, 9.17) is 34.8 Å². The number of piperazine rings is 1. The smallest absolute Gasteiger partial charge is 0.313 e. The fraction of sp³-hybridized carbons (Fsp3) is 0.286. The summed E-state index contributed by atoms with van der Waals surface area (Å²) in [6.45, 7) is 3.30. The van der Waals surface area contributed by atoms with E-state index in [1.54, 1.807) is 47.4 Å². The molecule has 0 spiro atoms. The van der Waals surface area contributed by atoms with E-state index in [2.05, 4.69) is 15.5 Å². The Hall–Kier alpha value is -2.32. The zero-order chi connectivity index (χ0) is 22.4. The maximum absolute atomic E-state index is 12.7. The summed E-state index contributed by atoms with van der Waals surface area (Å²) in [5.74, 6) is -1.58. The summed E-state index contributed by atoms with van der Waals surface area (Å²) >= 11 is 17.8. The Kier molecular flexibility index (Phi) is 8.15. The fourth-order valence-corrected chi connectivity index (χ4v) is 3.75. The summed E-state index contributed by atoms with van der Waals surface area (Å²) in [5.41, 5.74) is 0.921. The Bertz CT molecular complexity index is 961. The number of halogens is 3. The van der Waals surface area contributed by atoms with Crippen molar-refractivity contribution in [3.8, 4) is 0 Å². The monoisotopic (exact) mass is 482 g/mol. The van der Waals surface area contributed by atoms with E-state index in [0.29, 0.717) is 65.6 Å². The number of carbonyl (C=O) groups excluding carboxylic acids is 3. The number of hydrogen-bond acceptors (Lipinski definition) is 4. The van der Waals surface area contributed by atoms with E-state index >= 15 is 0 Å². The van der Waals surface area contributed by atoms with Crippen molar-refractivity contribution in [1.29, 1.82) is 0 Å². The molecule has 2 N–H and O–H groups in total. The molecule has 0 unspecified atom stereocenters. The maximum atomic E-state index is 12.7. The molecule has 0 atom stereocenters. The predicted molar refractivity (Wildman–Crippen MR) is 122 cm³/mol. The molecule has 1 fully saturated rings. The van der Waals surface area contributed by atoms with Gasteiger partial charge in [0.05, 0.1) is 10.6 Å². The second-order valence-electron chi connectivity index (χ2n) is 6.97. The SMILES string of the molecule is O=C(NCCN1CCN(C(=O)c2ccc(Cl)cc2Cl)CC1)C(=O)Nc1ccc(Cl)cc1. The summed E-state index contributed by atoms with van der Waals surface area (Å²) in [6.07, 6.45) is 0. The van der Waals surface area contributed by atoms with Crippen LogP contribution in [0.3, 0.4) is 0 Å². The average Bonchev–Trinajstić information content (AvgIpc) is 2.75. The minimum atomic E-state index is -0.738. The molecule has 164 valence electrons. The van der Waals surface area contributed by atoms with Crippen molar-refractivity contribution in [2.45, 2.75) is 0 Å². The molecule has 1 aliphatic rings. The summed E-state index contributed by atoms with van der Waals surface area (Å²) < 4.78 is 0. The molecule has 0 saturated carbocycles. The van der Waals surface area contributed by atoms with E-state index in [1.165, 1.54) is 0 Å². The number of rotatable bonds is 5. The van der Waals surface area contributed by atoms with Gasteiger partial charge < -0.3 is 15.5 Å². The average molecular weight is 484 g/mol. The van der Waals surface area contributed by atoms with E-state index in [-0.39, 0.29) is 5.91 Å². The van der Waals surface area contributed by atoms with Gasteiger partial charge in [-0.3, -0.25) is 19.3 Å². The molecule has 1 aliphatic heterocycles. The van der Waals surface area contributed by atoms with Gasteiger partial charge in [0, 0.05) is 55.0 Å². The molecule has 0 aliphatic carbocycles. The van der Waals surface area contributed by atoms with E-state index in [1.807, 2.05) is 0 Å². The van der Waals surface area contributed by atoms with Crippen LogP contribution in [-0.2, 0) is 9.59 Å². The first-order chi connectivity index (χ1) is 14.8. The summed E-state index contributed by atoms with van der Waals surface area (Å²) in [6, 6.07) is 11.3. The Morgan fingerprint density at radius 3 is 2.13 bits per heavy atom. The maximum Gasteiger partial charge on any atom is 0.313 e. The van der Waals surface area contributed by atoms with Crippen molar-refractivity contribution < 1.29 is 14.4 Å². The number of hydrogen-bond donors (Lipinski definition) is 2. The number of nitrogens with zero attached hydrogens (tertiary/aromatic N) is 2. The van der Waals surface area contributed by atoms with Gasteiger partial charge in [-0.05, 0) is 42.5 Å². The van der Waals surface area contributed by atoms with Crippen molar-refractivity contribution >= 4 is 58.2 Å². The predicted octanol–water partition coefficient (Wildman–Crippen LogP) is 3.16. The van der Waals surface area contributed by atoms with Crippen LogP contribution >= 0.6 is 34.8 Å². The summed E-state index contributed by atoms with van der Waals surface area (Å²) in [7, 11) is 0. The quantitative estimate of drug-likeness (QED) is 0.640. The molecule has 0 radical (unpaired) electrons. The van der Waals surface area contributed by atoms with Crippen LogP contribution in [0.2, 0.25) is 15.1 Å². The highest BCUT2D eigenvalue weighted by atomic mass is 35.5.